The minimum Gasteiger partial charge on any atom is -0.333 e. The Kier molecular flexibility index (Phi) is 4.80. The topological polar surface area (TPSA) is 38.1 Å². The molecule has 0 fully saturated rings. The zero-order chi connectivity index (χ0) is 17.3. The molecule has 1 unspecified atom stereocenters. The quantitative estimate of drug-likeness (QED) is 0.789. The van der Waals surface area contributed by atoms with Crippen molar-refractivity contribution >= 4 is 17.5 Å². The Hall–Kier alpha value is -2.02. The first kappa shape index (κ1) is 16.8. The smallest absolute Gasteiger partial charge is 0.238 e. The van der Waals surface area contributed by atoms with Crippen LogP contribution in [-0.2, 0) is 24.3 Å². The largest absolute Gasteiger partial charge is 0.333 e. The summed E-state index contributed by atoms with van der Waals surface area (Å²) in [6.45, 7) is 0.181. The SMILES string of the molecule is O=C(CCl)N(Cc1c(F)cc(F)cc1F)C1CCc2cncn2C1. The van der Waals surface area contributed by atoms with Gasteiger partial charge in [0, 0.05) is 36.1 Å². The number of rotatable bonds is 4. The molecule has 0 radical (unpaired) electrons. The molecule has 3 rings (SSSR count). The van der Waals surface area contributed by atoms with E-state index in [1.807, 2.05) is 4.57 Å². The van der Waals surface area contributed by atoms with Crippen LogP contribution in [0.4, 0.5) is 13.2 Å². The van der Waals surface area contributed by atoms with E-state index in [4.69, 9.17) is 11.6 Å². The van der Waals surface area contributed by atoms with Crippen molar-refractivity contribution in [3.8, 4) is 0 Å². The second-order valence-corrected chi connectivity index (χ2v) is 6.00. The Morgan fingerprint density at radius 3 is 2.71 bits per heavy atom. The first-order valence-electron chi connectivity index (χ1n) is 7.47. The first-order chi connectivity index (χ1) is 11.5. The Morgan fingerprint density at radius 1 is 1.33 bits per heavy atom. The molecule has 2 aromatic rings. The van der Waals surface area contributed by atoms with Gasteiger partial charge < -0.3 is 9.47 Å². The maximum Gasteiger partial charge on any atom is 0.238 e. The summed E-state index contributed by atoms with van der Waals surface area (Å²) < 4.78 is 42.8. The number of fused-ring (bicyclic) bond motifs is 1. The van der Waals surface area contributed by atoms with Crippen molar-refractivity contribution < 1.29 is 18.0 Å². The third-order valence-electron chi connectivity index (χ3n) is 4.25. The van der Waals surface area contributed by atoms with Gasteiger partial charge >= 0.3 is 0 Å². The highest BCUT2D eigenvalue weighted by molar-refractivity contribution is 6.27. The van der Waals surface area contributed by atoms with Crippen LogP contribution in [0.1, 0.15) is 17.7 Å². The van der Waals surface area contributed by atoms with Gasteiger partial charge in [0.1, 0.15) is 23.3 Å². The highest BCUT2D eigenvalue weighted by atomic mass is 35.5. The molecule has 0 spiro atoms. The Balaban J connectivity index is 1.87. The molecule has 1 aromatic carbocycles. The molecule has 2 heterocycles. The van der Waals surface area contributed by atoms with Crippen molar-refractivity contribution in [2.24, 2.45) is 0 Å². The summed E-state index contributed by atoms with van der Waals surface area (Å²) in [5.41, 5.74) is 0.704. The molecule has 1 aliphatic rings. The predicted molar refractivity (Wildman–Crippen MR) is 81.9 cm³/mol. The molecule has 0 saturated carbocycles. The molecule has 8 heteroatoms. The van der Waals surface area contributed by atoms with Crippen LogP contribution in [0.25, 0.3) is 0 Å². The first-order valence-corrected chi connectivity index (χ1v) is 8.01. The molecule has 1 atom stereocenters. The molecule has 1 amide bonds. The standard InChI is InChI=1S/C16H15ClF3N3O/c17-5-16(24)23(8-13-14(19)3-10(18)4-15(13)20)12-2-1-11-6-21-9-22(11)7-12/h3-4,6,9,12H,1-2,5,7-8H2. The molecule has 0 aliphatic carbocycles. The van der Waals surface area contributed by atoms with Gasteiger partial charge in [0.15, 0.2) is 0 Å². The van der Waals surface area contributed by atoms with E-state index in [0.29, 0.717) is 31.5 Å². The minimum atomic E-state index is -1.01. The highest BCUT2D eigenvalue weighted by Crippen LogP contribution is 2.23. The van der Waals surface area contributed by atoms with Gasteiger partial charge in [-0.15, -0.1) is 11.6 Å². The summed E-state index contributed by atoms with van der Waals surface area (Å²) in [4.78, 5) is 17.6. The number of carbonyl (C=O) groups is 1. The monoisotopic (exact) mass is 357 g/mol. The zero-order valence-electron chi connectivity index (χ0n) is 12.7. The zero-order valence-corrected chi connectivity index (χ0v) is 13.4. The Bertz CT molecular complexity index is 742. The van der Waals surface area contributed by atoms with Gasteiger partial charge in [-0.05, 0) is 12.8 Å². The van der Waals surface area contributed by atoms with Crippen LogP contribution < -0.4 is 0 Å². The Morgan fingerprint density at radius 2 is 2.04 bits per heavy atom. The van der Waals surface area contributed by atoms with Crippen molar-refractivity contribution in [3.63, 3.8) is 0 Å². The van der Waals surface area contributed by atoms with Crippen molar-refractivity contribution in [2.75, 3.05) is 5.88 Å². The molecular weight excluding hydrogens is 343 g/mol. The summed E-state index contributed by atoms with van der Waals surface area (Å²) in [5, 5.41) is 0. The number of hydrogen-bond acceptors (Lipinski definition) is 2. The fourth-order valence-electron chi connectivity index (χ4n) is 3.00. The lowest BCUT2D eigenvalue weighted by molar-refractivity contribution is -0.132. The van der Waals surface area contributed by atoms with Crippen LogP contribution in [-0.4, -0.2) is 32.3 Å². The van der Waals surface area contributed by atoms with Crippen LogP contribution in [0.3, 0.4) is 0 Å². The summed E-state index contributed by atoms with van der Waals surface area (Å²) in [7, 11) is 0. The molecule has 0 N–H and O–H groups in total. The van der Waals surface area contributed by atoms with Crippen molar-refractivity contribution in [3.05, 3.63) is 53.4 Å². The number of benzene rings is 1. The number of carbonyl (C=O) groups excluding carboxylic acids is 1. The van der Waals surface area contributed by atoms with E-state index < -0.39 is 23.4 Å². The number of amides is 1. The molecule has 128 valence electrons. The molecule has 4 nitrogen and oxygen atoms in total. The van der Waals surface area contributed by atoms with Gasteiger partial charge in [0.2, 0.25) is 5.91 Å². The highest BCUT2D eigenvalue weighted by Gasteiger charge is 2.29. The number of nitrogens with zero attached hydrogens (tertiary/aromatic N) is 3. The lowest BCUT2D eigenvalue weighted by atomic mass is 10.0. The average Bonchev–Trinajstić information content (AvgIpc) is 3.01. The van der Waals surface area contributed by atoms with Gasteiger partial charge in [-0.25, -0.2) is 18.2 Å². The van der Waals surface area contributed by atoms with E-state index >= 15 is 0 Å². The lowest BCUT2D eigenvalue weighted by Gasteiger charge is -2.35. The maximum atomic E-state index is 13.9. The predicted octanol–water partition coefficient (Wildman–Crippen LogP) is 2.88. The van der Waals surface area contributed by atoms with Gasteiger partial charge in [-0.3, -0.25) is 4.79 Å². The number of hydrogen-bond donors (Lipinski definition) is 0. The molecule has 0 saturated heterocycles. The van der Waals surface area contributed by atoms with Crippen LogP contribution >= 0.6 is 11.6 Å². The minimum absolute atomic E-state index is 0.262. The van der Waals surface area contributed by atoms with E-state index in [0.717, 1.165) is 5.69 Å². The van der Waals surface area contributed by atoms with Gasteiger partial charge in [-0.1, -0.05) is 0 Å². The molecule has 1 aromatic heterocycles. The normalized spacial score (nSPS) is 16.8. The summed E-state index contributed by atoms with van der Waals surface area (Å²) in [5.74, 6) is -3.74. The molecule has 1 aliphatic heterocycles. The number of alkyl halides is 1. The molecule has 24 heavy (non-hydrogen) atoms. The van der Waals surface area contributed by atoms with Gasteiger partial charge in [-0.2, -0.15) is 0 Å². The lowest BCUT2D eigenvalue weighted by Crippen LogP contribution is -2.45. The fourth-order valence-corrected chi connectivity index (χ4v) is 3.15. The number of aromatic nitrogens is 2. The van der Waals surface area contributed by atoms with E-state index in [1.165, 1.54) is 4.90 Å². The van der Waals surface area contributed by atoms with Crippen LogP contribution in [0.15, 0.2) is 24.7 Å². The molecular formula is C16H15ClF3N3O. The third kappa shape index (κ3) is 3.26. The van der Waals surface area contributed by atoms with Crippen molar-refractivity contribution in [2.45, 2.75) is 32.0 Å². The number of imidazole rings is 1. The maximum absolute atomic E-state index is 13.9. The van der Waals surface area contributed by atoms with Crippen LogP contribution in [0.2, 0.25) is 0 Å². The van der Waals surface area contributed by atoms with E-state index in [2.05, 4.69) is 4.98 Å². The molecule has 0 bridgehead atoms. The second kappa shape index (κ2) is 6.84. The van der Waals surface area contributed by atoms with E-state index in [9.17, 15) is 18.0 Å². The summed E-state index contributed by atoms with van der Waals surface area (Å²) in [6.07, 6.45) is 4.75. The van der Waals surface area contributed by atoms with E-state index in [-0.39, 0.29) is 24.0 Å². The Labute approximate surface area is 141 Å². The number of halogens is 4. The second-order valence-electron chi connectivity index (χ2n) is 5.73. The van der Waals surface area contributed by atoms with Gasteiger partial charge in [0.05, 0.1) is 18.9 Å². The van der Waals surface area contributed by atoms with Gasteiger partial charge in [0.25, 0.3) is 0 Å². The number of aryl methyl sites for hydroxylation is 1. The average molecular weight is 358 g/mol. The van der Waals surface area contributed by atoms with Crippen LogP contribution in [0, 0.1) is 17.5 Å². The van der Waals surface area contributed by atoms with E-state index in [1.54, 1.807) is 12.5 Å². The third-order valence-corrected chi connectivity index (χ3v) is 4.48. The summed E-state index contributed by atoms with van der Waals surface area (Å²) in [6, 6.07) is 0.953. The van der Waals surface area contributed by atoms with Crippen LogP contribution in [0.5, 0.6) is 0 Å². The van der Waals surface area contributed by atoms with Crippen molar-refractivity contribution in [1.82, 2.24) is 14.5 Å². The summed E-state index contributed by atoms with van der Waals surface area (Å²) >= 11 is 5.66. The van der Waals surface area contributed by atoms with Crippen molar-refractivity contribution in [1.29, 1.82) is 0 Å². The fraction of sp³-hybridized carbons (Fsp3) is 0.375.